The smallest absolute Gasteiger partial charge is 0.320 e. The Hall–Kier alpha value is -5.06. The van der Waals surface area contributed by atoms with Crippen molar-refractivity contribution in [2.24, 2.45) is 29.2 Å². The predicted molar refractivity (Wildman–Crippen MR) is 161 cm³/mol. The van der Waals surface area contributed by atoms with Gasteiger partial charge >= 0.3 is 11.9 Å². The van der Waals surface area contributed by atoms with Crippen LogP contribution in [0.4, 0.5) is 8.78 Å². The third-order valence-electron chi connectivity index (χ3n) is 6.09. The van der Waals surface area contributed by atoms with Crippen molar-refractivity contribution >= 4 is 29.0 Å². The van der Waals surface area contributed by atoms with Gasteiger partial charge in [0.15, 0.2) is 11.8 Å². The number of aliphatic carboxylic acids is 2. The monoisotopic (exact) mass is 630 g/mol. The fraction of sp³-hybridized carbons (Fsp3) is 0.310. The molecule has 1 unspecified atom stereocenters. The minimum absolute atomic E-state index is 0.0129. The maximum atomic E-state index is 13.6. The summed E-state index contributed by atoms with van der Waals surface area (Å²) in [6.07, 6.45) is 0.760. The zero-order valence-electron chi connectivity index (χ0n) is 24.4. The molecule has 0 bridgehead atoms. The summed E-state index contributed by atoms with van der Waals surface area (Å²) in [7, 11) is 1.61. The standard InChI is InChI=1S/C23H22F2N4O4.C6H14N4O2/c1-29-23(26-27-28-29)20(11-10-18(30)12-19(31)13-21(32)33)22(14-2-6-16(24)7-3-14)15-4-8-17(25)9-5-15;7-4(5(11)12)2-1-3-10-6(8)9/h2-11,18-19,30-31H,12-13H2,1H3,(H,32,33);4H,1-3,7H2,(H,11,12)(H4,8,9,10)/b11-10+;/t18-,19-;/m1./s1. The average Bonchev–Trinajstić information content (AvgIpc) is 3.39. The summed E-state index contributed by atoms with van der Waals surface area (Å²) in [5.74, 6) is -2.72. The Kier molecular flexibility index (Phi) is 14.4. The number of aliphatic hydroxyl groups excluding tert-OH is 2. The maximum Gasteiger partial charge on any atom is 0.320 e. The molecule has 0 saturated heterocycles. The quantitative estimate of drug-likeness (QED) is 0.0571. The highest BCUT2D eigenvalue weighted by molar-refractivity contribution is 6.00. The summed E-state index contributed by atoms with van der Waals surface area (Å²) in [6.45, 7) is 0.420. The summed E-state index contributed by atoms with van der Waals surface area (Å²) in [5.41, 5.74) is 17.5. The van der Waals surface area contributed by atoms with Gasteiger partial charge in [-0.1, -0.05) is 36.4 Å². The maximum absolute atomic E-state index is 13.6. The lowest BCUT2D eigenvalue weighted by atomic mass is 9.91. The number of tetrazole rings is 1. The number of aryl methyl sites for hydroxylation is 1. The summed E-state index contributed by atoms with van der Waals surface area (Å²) in [6, 6.07) is 10.5. The molecule has 0 amide bonds. The number of hydrogen-bond donors (Lipinski definition) is 7. The SMILES string of the molecule is Cn1nnnc1C(/C=C/[C@@H](O)C[C@@H](O)CC(=O)O)=C(c1ccc(F)cc1)c1ccc(F)cc1.NC(N)=NCCCC(N)C(=O)O. The van der Waals surface area contributed by atoms with Crippen molar-refractivity contribution in [3.8, 4) is 0 Å². The summed E-state index contributed by atoms with van der Waals surface area (Å²) >= 11 is 0. The molecule has 3 aromatic rings. The second-order valence-corrected chi connectivity index (χ2v) is 9.74. The molecule has 1 heterocycles. The highest BCUT2D eigenvalue weighted by atomic mass is 19.1. The number of benzene rings is 2. The summed E-state index contributed by atoms with van der Waals surface area (Å²) in [5, 5.41) is 48.8. The second kappa shape index (κ2) is 17.9. The molecule has 3 atom stereocenters. The van der Waals surface area contributed by atoms with Crippen LogP contribution in [0.15, 0.2) is 65.7 Å². The van der Waals surface area contributed by atoms with Crippen molar-refractivity contribution in [3.05, 3.63) is 89.3 Å². The number of aliphatic hydroxyl groups is 2. The van der Waals surface area contributed by atoms with Crippen molar-refractivity contribution in [1.82, 2.24) is 20.2 Å². The van der Waals surface area contributed by atoms with E-state index in [0.717, 1.165) is 0 Å². The van der Waals surface area contributed by atoms with Gasteiger partial charge in [0.2, 0.25) is 0 Å². The van der Waals surface area contributed by atoms with Gasteiger partial charge in [0.25, 0.3) is 0 Å². The highest BCUT2D eigenvalue weighted by Gasteiger charge is 2.19. The van der Waals surface area contributed by atoms with Crippen molar-refractivity contribution in [2.75, 3.05) is 6.54 Å². The number of allylic oxidation sites excluding steroid dienone is 2. The molecule has 0 radical (unpaired) electrons. The third kappa shape index (κ3) is 12.6. The number of nitrogens with two attached hydrogens (primary N) is 3. The number of carboxylic acids is 2. The lowest BCUT2D eigenvalue weighted by molar-refractivity contribution is -0.140. The van der Waals surface area contributed by atoms with Gasteiger partial charge in [-0.3, -0.25) is 14.6 Å². The van der Waals surface area contributed by atoms with E-state index < -0.39 is 48.2 Å². The van der Waals surface area contributed by atoms with E-state index in [1.165, 1.54) is 41.1 Å². The molecule has 0 aliphatic carbocycles. The Labute approximate surface area is 257 Å². The number of hydrogen-bond acceptors (Lipinski definition) is 9. The van der Waals surface area contributed by atoms with Crippen LogP contribution in [0.1, 0.15) is 42.6 Å². The number of rotatable bonds is 14. The van der Waals surface area contributed by atoms with E-state index in [1.807, 2.05) is 0 Å². The zero-order valence-corrected chi connectivity index (χ0v) is 24.4. The topological polar surface area (TPSA) is 249 Å². The molecule has 3 rings (SSSR count). The van der Waals surface area contributed by atoms with Crippen LogP contribution >= 0.6 is 0 Å². The molecule has 0 aliphatic heterocycles. The molecule has 2 aromatic carbocycles. The van der Waals surface area contributed by atoms with Gasteiger partial charge in [-0.15, -0.1) is 5.10 Å². The molecule has 14 nitrogen and oxygen atoms in total. The van der Waals surface area contributed by atoms with Gasteiger partial charge in [0, 0.05) is 25.6 Å². The largest absolute Gasteiger partial charge is 0.481 e. The summed E-state index contributed by atoms with van der Waals surface area (Å²) in [4.78, 5) is 24.7. The minimum Gasteiger partial charge on any atom is -0.481 e. The first-order valence-electron chi connectivity index (χ1n) is 13.6. The third-order valence-corrected chi connectivity index (χ3v) is 6.09. The Morgan fingerprint density at radius 1 is 1.00 bits per heavy atom. The van der Waals surface area contributed by atoms with Crippen LogP contribution < -0.4 is 17.2 Å². The van der Waals surface area contributed by atoms with Crippen LogP contribution in [-0.4, -0.2) is 83.3 Å². The van der Waals surface area contributed by atoms with Crippen LogP contribution in [-0.2, 0) is 16.6 Å². The summed E-state index contributed by atoms with van der Waals surface area (Å²) < 4.78 is 28.6. The van der Waals surface area contributed by atoms with Gasteiger partial charge < -0.3 is 37.6 Å². The number of carbonyl (C=O) groups is 2. The van der Waals surface area contributed by atoms with Gasteiger partial charge in [0.05, 0.1) is 18.6 Å². The number of guanidine groups is 1. The molecule has 1 aromatic heterocycles. The lowest BCUT2D eigenvalue weighted by Crippen LogP contribution is -2.30. The van der Waals surface area contributed by atoms with Crippen LogP contribution in [0.3, 0.4) is 0 Å². The Bertz CT molecular complexity index is 1440. The molecule has 0 fully saturated rings. The molecular formula is C29H36F2N8O6. The number of aliphatic imine (C=N–C) groups is 1. The van der Waals surface area contributed by atoms with E-state index in [4.69, 9.17) is 27.4 Å². The average molecular weight is 631 g/mol. The minimum atomic E-state index is -1.24. The van der Waals surface area contributed by atoms with E-state index in [9.17, 15) is 28.6 Å². The zero-order chi connectivity index (χ0) is 33.5. The van der Waals surface area contributed by atoms with Gasteiger partial charge in [-0.25, -0.2) is 13.5 Å². The van der Waals surface area contributed by atoms with E-state index in [0.29, 0.717) is 47.5 Å². The van der Waals surface area contributed by atoms with Crippen LogP contribution in [0.5, 0.6) is 0 Å². The molecular weight excluding hydrogens is 594 g/mol. The number of nitrogens with zero attached hydrogens (tertiary/aromatic N) is 5. The van der Waals surface area contributed by atoms with E-state index in [2.05, 4.69) is 20.5 Å². The fourth-order valence-corrected chi connectivity index (χ4v) is 3.93. The lowest BCUT2D eigenvalue weighted by Gasteiger charge is -2.15. The number of aromatic nitrogens is 4. The van der Waals surface area contributed by atoms with E-state index in [1.54, 1.807) is 31.3 Å². The molecule has 10 N–H and O–H groups in total. The van der Waals surface area contributed by atoms with Crippen molar-refractivity contribution in [1.29, 1.82) is 0 Å². The first kappa shape index (κ1) is 36.1. The normalized spacial score (nSPS) is 12.8. The number of carboxylic acid groups (broad SMARTS) is 2. The Balaban J connectivity index is 0.000000498. The molecule has 242 valence electrons. The van der Waals surface area contributed by atoms with Gasteiger partial charge in [-0.2, -0.15) is 0 Å². The van der Waals surface area contributed by atoms with Gasteiger partial charge in [-0.05, 0) is 64.2 Å². The molecule has 0 spiro atoms. The number of halogens is 2. The van der Waals surface area contributed by atoms with Gasteiger partial charge in [0.1, 0.15) is 17.7 Å². The Morgan fingerprint density at radius 3 is 2.00 bits per heavy atom. The molecule has 45 heavy (non-hydrogen) atoms. The van der Waals surface area contributed by atoms with E-state index in [-0.39, 0.29) is 12.4 Å². The van der Waals surface area contributed by atoms with Crippen LogP contribution in [0.25, 0.3) is 11.1 Å². The molecule has 0 aliphatic rings. The van der Waals surface area contributed by atoms with Crippen molar-refractivity contribution in [3.63, 3.8) is 0 Å². The molecule has 16 heteroatoms. The highest BCUT2D eigenvalue weighted by Crippen LogP contribution is 2.32. The molecule has 0 saturated carbocycles. The van der Waals surface area contributed by atoms with Crippen LogP contribution in [0.2, 0.25) is 0 Å². The van der Waals surface area contributed by atoms with Crippen molar-refractivity contribution in [2.45, 2.75) is 43.9 Å². The van der Waals surface area contributed by atoms with Crippen molar-refractivity contribution < 1.29 is 38.8 Å². The first-order chi connectivity index (χ1) is 21.3. The van der Waals surface area contributed by atoms with Crippen LogP contribution in [0, 0.1) is 11.6 Å². The Morgan fingerprint density at radius 2 is 1.56 bits per heavy atom. The van der Waals surface area contributed by atoms with E-state index >= 15 is 0 Å². The fourth-order valence-electron chi connectivity index (χ4n) is 3.93. The second-order valence-electron chi connectivity index (χ2n) is 9.74. The first-order valence-corrected chi connectivity index (χ1v) is 13.6. The predicted octanol–water partition coefficient (Wildman–Crippen LogP) is 1.04.